The number of carbonyl (C=O) groups excluding carboxylic acids is 1. The monoisotopic (exact) mass is 411 g/mol. The van der Waals surface area contributed by atoms with Crippen LogP contribution < -0.4 is 14.2 Å². The standard InChI is InChI=1S/C20H20F3NO5/c1-27-17-7-3-6-16(25)18(17)19(26)24-10-8-13(9-11-24)28-14-4-2-5-15(12-14)29-20(21,22)23/h2-7,12-13,25H,8-11H2,1H3. The Labute approximate surface area is 165 Å². The Kier molecular flexibility index (Phi) is 6.05. The number of phenols is 1. The van der Waals surface area contributed by atoms with Gasteiger partial charge in [-0.1, -0.05) is 12.1 Å². The second kappa shape index (κ2) is 8.50. The molecule has 0 spiro atoms. The maximum Gasteiger partial charge on any atom is 0.573 e. The van der Waals surface area contributed by atoms with Crippen molar-refractivity contribution in [2.24, 2.45) is 0 Å². The van der Waals surface area contributed by atoms with Crippen molar-refractivity contribution in [3.8, 4) is 23.0 Å². The van der Waals surface area contributed by atoms with Crippen LogP contribution in [0.15, 0.2) is 42.5 Å². The number of piperidine rings is 1. The van der Waals surface area contributed by atoms with Crippen molar-refractivity contribution >= 4 is 5.91 Å². The van der Waals surface area contributed by atoms with E-state index in [4.69, 9.17) is 9.47 Å². The van der Waals surface area contributed by atoms with Gasteiger partial charge in [-0.2, -0.15) is 0 Å². The number of hydrogen-bond donors (Lipinski definition) is 1. The van der Waals surface area contributed by atoms with Crippen LogP contribution in [0.5, 0.6) is 23.0 Å². The van der Waals surface area contributed by atoms with E-state index in [0.29, 0.717) is 25.9 Å². The first-order valence-corrected chi connectivity index (χ1v) is 8.94. The zero-order valence-corrected chi connectivity index (χ0v) is 15.6. The molecule has 1 saturated heterocycles. The van der Waals surface area contributed by atoms with Crippen LogP contribution in [0.25, 0.3) is 0 Å². The second-order valence-electron chi connectivity index (χ2n) is 6.49. The largest absolute Gasteiger partial charge is 0.573 e. The summed E-state index contributed by atoms with van der Waals surface area (Å²) in [7, 11) is 1.42. The lowest BCUT2D eigenvalue weighted by molar-refractivity contribution is -0.274. The summed E-state index contributed by atoms with van der Waals surface area (Å²) in [6.07, 6.45) is -4.04. The van der Waals surface area contributed by atoms with Gasteiger partial charge in [0.1, 0.15) is 34.7 Å². The lowest BCUT2D eigenvalue weighted by Crippen LogP contribution is -2.41. The highest BCUT2D eigenvalue weighted by molar-refractivity contribution is 5.99. The molecule has 0 atom stereocenters. The van der Waals surface area contributed by atoms with Gasteiger partial charge < -0.3 is 24.2 Å². The Hall–Kier alpha value is -3.10. The molecule has 156 valence electrons. The van der Waals surface area contributed by atoms with Crippen LogP contribution in [-0.4, -0.2) is 48.6 Å². The molecule has 6 nitrogen and oxygen atoms in total. The molecule has 9 heteroatoms. The number of aromatic hydroxyl groups is 1. The van der Waals surface area contributed by atoms with E-state index in [1.807, 2.05) is 0 Å². The summed E-state index contributed by atoms with van der Waals surface area (Å²) in [6.45, 7) is 0.749. The van der Waals surface area contributed by atoms with Crippen molar-refractivity contribution in [2.45, 2.75) is 25.3 Å². The Morgan fingerprint density at radius 2 is 1.76 bits per heavy atom. The van der Waals surface area contributed by atoms with Crippen LogP contribution in [0.3, 0.4) is 0 Å². The first-order valence-electron chi connectivity index (χ1n) is 8.94. The molecule has 2 aromatic carbocycles. The molecule has 1 N–H and O–H groups in total. The molecule has 0 bridgehead atoms. The van der Waals surface area contributed by atoms with Gasteiger partial charge in [0.25, 0.3) is 5.91 Å². The second-order valence-corrected chi connectivity index (χ2v) is 6.49. The van der Waals surface area contributed by atoms with E-state index in [0.717, 1.165) is 0 Å². The fourth-order valence-electron chi connectivity index (χ4n) is 3.18. The number of likely N-dealkylation sites (tertiary alicyclic amines) is 1. The number of alkyl halides is 3. The number of nitrogens with zero attached hydrogens (tertiary/aromatic N) is 1. The third-order valence-electron chi connectivity index (χ3n) is 4.51. The molecule has 2 aromatic rings. The number of ether oxygens (including phenoxy) is 3. The first-order chi connectivity index (χ1) is 13.8. The van der Waals surface area contributed by atoms with Gasteiger partial charge >= 0.3 is 6.36 Å². The van der Waals surface area contributed by atoms with Crippen molar-refractivity contribution in [1.29, 1.82) is 0 Å². The zero-order chi connectivity index (χ0) is 21.0. The highest BCUT2D eigenvalue weighted by Gasteiger charge is 2.31. The van der Waals surface area contributed by atoms with E-state index in [2.05, 4.69) is 4.74 Å². The average Bonchev–Trinajstić information content (AvgIpc) is 2.67. The van der Waals surface area contributed by atoms with Crippen LogP contribution in [0.4, 0.5) is 13.2 Å². The fraction of sp³-hybridized carbons (Fsp3) is 0.350. The number of hydrogen-bond acceptors (Lipinski definition) is 5. The minimum Gasteiger partial charge on any atom is -0.507 e. The fourth-order valence-corrected chi connectivity index (χ4v) is 3.18. The van der Waals surface area contributed by atoms with Gasteiger partial charge in [0.05, 0.1) is 7.11 Å². The third-order valence-corrected chi connectivity index (χ3v) is 4.51. The summed E-state index contributed by atoms with van der Waals surface area (Å²) in [5, 5.41) is 10.0. The third kappa shape index (κ3) is 5.24. The summed E-state index contributed by atoms with van der Waals surface area (Å²) in [5.41, 5.74) is 0.103. The predicted molar refractivity (Wildman–Crippen MR) is 97.3 cm³/mol. The van der Waals surface area contributed by atoms with E-state index >= 15 is 0 Å². The topological polar surface area (TPSA) is 68.2 Å². The molecule has 0 aliphatic carbocycles. The minimum atomic E-state index is -4.77. The molecule has 0 unspecified atom stereocenters. The summed E-state index contributed by atoms with van der Waals surface area (Å²) < 4.78 is 51.8. The molecule has 29 heavy (non-hydrogen) atoms. The van der Waals surface area contributed by atoms with Gasteiger partial charge in [0, 0.05) is 32.0 Å². The number of amides is 1. The van der Waals surface area contributed by atoms with Gasteiger partial charge in [0.15, 0.2) is 0 Å². The van der Waals surface area contributed by atoms with E-state index in [9.17, 15) is 23.1 Å². The van der Waals surface area contributed by atoms with Gasteiger partial charge in [-0.05, 0) is 24.3 Å². The Bertz CT molecular complexity index is 863. The number of methoxy groups -OCH3 is 1. The number of rotatable bonds is 5. The summed E-state index contributed by atoms with van der Waals surface area (Å²) in [4.78, 5) is 14.3. The van der Waals surface area contributed by atoms with Gasteiger partial charge in [-0.3, -0.25) is 4.79 Å². The van der Waals surface area contributed by atoms with Crippen molar-refractivity contribution in [3.05, 3.63) is 48.0 Å². The summed E-state index contributed by atoms with van der Waals surface area (Å²) >= 11 is 0. The number of benzene rings is 2. The van der Waals surface area contributed by atoms with Crippen LogP contribution in [0.1, 0.15) is 23.2 Å². The van der Waals surface area contributed by atoms with Crippen molar-refractivity contribution in [1.82, 2.24) is 4.90 Å². The van der Waals surface area contributed by atoms with E-state index < -0.39 is 6.36 Å². The molecule has 3 rings (SSSR count). The first kappa shape index (κ1) is 20.6. The zero-order valence-electron chi connectivity index (χ0n) is 15.6. The highest BCUT2D eigenvalue weighted by Crippen LogP contribution is 2.31. The van der Waals surface area contributed by atoms with Gasteiger partial charge in [-0.25, -0.2) is 0 Å². The van der Waals surface area contributed by atoms with Crippen LogP contribution >= 0.6 is 0 Å². The van der Waals surface area contributed by atoms with Crippen LogP contribution in [0, 0.1) is 0 Å². The molecular weight excluding hydrogens is 391 g/mol. The molecule has 1 heterocycles. The smallest absolute Gasteiger partial charge is 0.507 e. The summed E-state index contributed by atoms with van der Waals surface area (Å²) in [5.74, 6) is -0.309. The van der Waals surface area contributed by atoms with Crippen molar-refractivity contribution in [3.63, 3.8) is 0 Å². The minimum absolute atomic E-state index is 0.103. The van der Waals surface area contributed by atoms with E-state index in [1.54, 1.807) is 23.1 Å². The molecule has 1 amide bonds. The normalized spacial score (nSPS) is 15.1. The molecule has 1 aliphatic rings. The SMILES string of the molecule is COc1cccc(O)c1C(=O)N1CCC(Oc2cccc(OC(F)(F)F)c2)CC1. The lowest BCUT2D eigenvalue weighted by Gasteiger charge is -2.32. The molecule has 1 fully saturated rings. The van der Waals surface area contributed by atoms with Crippen LogP contribution in [0.2, 0.25) is 0 Å². The quantitative estimate of drug-likeness (QED) is 0.806. The molecule has 1 aliphatic heterocycles. The van der Waals surface area contributed by atoms with E-state index in [1.165, 1.54) is 31.4 Å². The number of halogens is 3. The van der Waals surface area contributed by atoms with Crippen molar-refractivity contribution in [2.75, 3.05) is 20.2 Å². The maximum atomic E-state index is 12.8. The Balaban J connectivity index is 1.60. The highest BCUT2D eigenvalue weighted by atomic mass is 19.4. The molecule has 0 saturated carbocycles. The predicted octanol–water partition coefficient (Wildman–Crippen LogP) is 3.98. The van der Waals surface area contributed by atoms with E-state index in [-0.39, 0.29) is 40.6 Å². The van der Waals surface area contributed by atoms with Gasteiger partial charge in [0.2, 0.25) is 0 Å². The Morgan fingerprint density at radius 3 is 2.41 bits per heavy atom. The number of phenolic OH excluding ortho intramolecular Hbond substituents is 1. The molecule has 0 radical (unpaired) electrons. The van der Waals surface area contributed by atoms with Crippen LogP contribution in [-0.2, 0) is 0 Å². The van der Waals surface area contributed by atoms with Crippen molar-refractivity contribution < 1.29 is 37.3 Å². The molecular formula is C20H20F3NO5. The average molecular weight is 411 g/mol. The lowest BCUT2D eigenvalue weighted by atomic mass is 10.1. The Morgan fingerprint density at radius 1 is 1.10 bits per heavy atom. The van der Waals surface area contributed by atoms with Gasteiger partial charge in [-0.15, -0.1) is 13.2 Å². The maximum absolute atomic E-state index is 12.8. The molecule has 0 aromatic heterocycles. The number of carbonyl (C=O) groups is 1. The summed E-state index contributed by atoms with van der Waals surface area (Å²) in [6, 6.07) is 9.94.